The van der Waals surface area contributed by atoms with E-state index in [1.165, 1.54) is 16.0 Å². The van der Waals surface area contributed by atoms with E-state index in [0.29, 0.717) is 11.7 Å². The lowest BCUT2D eigenvalue weighted by Gasteiger charge is -2.32. The highest BCUT2D eigenvalue weighted by atomic mass is 16.4. The van der Waals surface area contributed by atoms with Crippen molar-refractivity contribution in [3.8, 4) is 0 Å². The van der Waals surface area contributed by atoms with Crippen LogP contribution in [0.2, 0.25) is 0 Å². The second-order valence-corrected chi connectivity index (χ2v) is 9.37. The molecule has 1 N–H and O–H groups in total. The molecule has 1 aliphatic heterocycles. The van der Waals surface area contributed by atoms with E-state index in [-0.39, 0.29) is 11.4 Å². The van der Waals surface area contributed by atoms with Crippen LogP contribution in [0.4, 0.5) is 0 Å². The number of amides is 1. The van der Waals surface area contributed by atoms with Crippen molar-refractivity contribution in [3.05, 3.63) is 59.0 Å². The number of rotatable bonds is 5. The third kappa shape index (κ3) is 5.05. The summed E-state index contributed by atoms with van der Waals surface area (Å²) in [4.78, 5) is 16.1. The van der Waals surface area contributed by atoms with Crippen LogP contribution < -0.4 is 4.90 Å². The molecule has 1 saturated heterocycles. The van der Waals surface area contributed by atoms with Crippen LogP contribution in [-0.2, 0) is 13.1 Å². The van der Waals surface area contributed by atoms with Crippen LogP contribution in [0.1, 0.15) is 68.0 Å². The molecule has 152 valence electrons. The van der Waals surface area contributed by atoms with Gasteiger partial charge in [-0.3, -0.25) is 4.79 Å². The fraction of sp³-hybridized carbons (Fsp3) is 0.542. The molecule has 1 fully saturated rings. The van der Waals surface area contributed by atoms with Crippen LogP contribution in [0.25, 0.3) is 0 Å². The lowest BCUT2D eigenvalue weighted by molar-refractivity contribution is -0.973. The number of hydrogen-bond donors (Lipinski definition) is 1. The van der Waals surface area contributed by atoms with Crippen LogP contribution in [0.15, 0.2) is 40.8 Å². The SMILES string of the molecule is Cc1ccccc1C[NH+](Cc1ccc(C(=O)N2CCC(C)CC2)o1)C(C)(C)C. The Morgan fingerprint density at radius 2 is 1.79 bits per heavy atom. The van der Waals surface area contributed by atoms with E-state index in [9.17, 15) is 4.79 Å². The fourth-order valence-electron chi connectivity index (χ4n) is 3.80. The third-order valence-corrected chi connectivity index (χ3v) is 6.06. The van der Waals surface area contributed by atoms with Gasteiger partial charge in [-0.1, -0.05) is 31.2 Å². The maximum atomic E-state index is 12.8. The molecule has 1 amide bonds. The summed E-state index contributed by atoms with van der Waals surface area (Å²) in [5.41, 5.74) is 2.75. The fourth-order valence-corrected chi connectivity index (χ4v) is 3.80. The maximum Gasteiger partial charge on any atom is 0.289 e. The maximum absolute atomic E-state index is 12.8. The zero-order valence-electron chi connectivity index (χ0n) is 18.0. The number of nitrogens with one attached hydrogen (secondary N) is 1. The van der Waals surface area contributed by atoms with Gasteiger partial charge in [0, 0.05) is 18.7 Å². The predicted octanol–water partition coefficient (Wildman–Crippen LogP) is 3.84. The van der Waals surface area contributed by atoms with Crippen molar-refractivity contribution in [1.82, 2.24) is 4.90 Å². The molecular weight excluding hydrogens is 348 g/mol. The van der Waals surface area contributed by atoms with Crippen LogP contribution >= 0.6 is 0 Å². The van der Waals surface area contributed by atoms with Gasteiger partial charge >= 0.3 is 0 Å². The Kier molecular flexibility index (Phi) is 6.29. The number of hydrogen-bond acceptors (Lipinski definition) is 2. The normalized spacial score (nSPS) is 17.0. The first-order chi connectivity index (χ1) is 13.2. The molecular formula is C24H35N2O2+. The second-order valence-electron chi connectivity index (χ2n) is 9.37. The Balaban J connectivity index is 1.70. The van der Waals surface area contributed by atoms with Gasteiger partial charge in [0.15, 0.2) is 11.5 Å². The van der Waals surface area contributed by atoms with Crippen molar-refractivity contribution < 1.29 is 14.1 Å². The molecule has 3 rings (SSSR count). The summed E-state index contributed by atoms with van der Waals surface area (Å²) in [6.07, 6.45) is 2.16. The highest BCUT2D eigenvalue weighted by Gasteiger charge is 2.29. The minimum atomic E-state index is 0.0364. The topological polar surface area (TPSA) is 37.9 Å². The van der Waals surface area contributed by atoms with Crippen LogP contribution in [-0.4, -0.2) is 29.4 Å². The lowest BCUT2D eigenvalue weighted by atomic mass is 9.99. The summed E-state index contributed by atoms with van der Waals surface area (Å²) in [5, 5.41) is 0. The van der Waals surface area contributed by atoms with E-state index < -0.39 is 0 Å². The molecule has 2 aromatic rings. The van der Waals surface area contributed by atoms with Gasteiger partial charge in [0.2, 0.25) is 0 Å². The molecule has 2 heterocycles. The molecule has 28 heavy (non-hydrogen) atoms. The zero-order valence-corrected chi connectivity index (χ0v) is 18.0. The number of aryl methyl sites for hydroxylation is 1. The van der Waals surface area contributed by atoms with Crippen molar-refractivity contribution >= 4 is 5.91 Å². The first kappa shape index (κ1) is 20.7. The Morgan fingerprint density at radius 3 is 2.43 bits per heavy atom. The van der Waals surface area contributed by atoms with Crippen LogP contribution in [0.5, 0.6) is 0 Å². The Labute approximate surface area is 169 Å². The van der Waals surface area contributed by atoms with Crippen molar-refractivity contribution in [2.24, 2.45) is 5.92 Å². The Bertz CT molecular complexity index is 795. The number of nitrogens with zero attached hydrogens (tertiary/aromatic N) is 1. The lowest BCUT2D eigenvalue weighted by Crippen LogP contribution is -3.16. The van der Waals surface area contributed by atoms with Gasteiger partial charge in [0.25, 0.3) is 5.91 Å². The first-order valence-electron chi connectivity index (χ1n) is 10.5. The monoisotopic (exact) mass is 383 g/mol. The molecule has 4 heteroatoms. The van der Waals surface area contributed by atoms with Gasteiger partial charge < -0.3 is 14.2 Å². The molecule has 0 bridgehead atoms. The average Bonchev–Trinajstić information content (AvgIpc) is 3.11. The van der Waals surface area contributed by atoms with Gasteiger partial charge in [0.1, 0.15) is 13.1 Å². The minimum absolute atomic E-state index is 0.0364. The van der Waals surface area contributed by atoms with Crippen molar-refractivity contribution in [2.45, 2.75) is 66.1 Å². The van der Waals surface area contributed by atoms with Crippen LogP contribution in [0, 0.1) is 12.8 Å². The van der Waals surface area contributed by atoms with E-state index in [2.05, 4.69) is 58.9 Å². The predicted molar refractivity (Wildman–Crippen MR) is 112 cm³/mol. The number of carbonyl (C=O) groups is 1. The van der Waals surface area contributed by atoms with Crippen molar-refractivity contribution in [3.63, 3.8) is 0 Å². The quantitative estimate of drug-likeness (QED) is 0.852. The molecule has 1 aliphatic rings. The van der Waals surface area contributed by atoms with E-state index in [0.717, 1.165) is 44.8 Å². The van der Waals surface area contributed by atoms with Crippen molar-refractivity contribution in [2.75, 3.05) is 13.1 Å². The molecule has 1 atom stereocenters. The van der Waals surface area contributed by atoms with Crippen molar-refractivity contribution in [1.29, 1.82) is 0 Å². The van der Waals surface area contributed by atoms with Gasteiger partial charge in [-0.25, -0.2) is 0 Å². The van der Waals surface area contributed by atoms with Gasteiger partial charge in [-0.15, -0.1) is 0 Å². The molecule has 1 unspecified atom stereocenters. The standard InChI is InChI=1S/C24H34N2O2/c1-18-12-14-25(15-13-18)23(27)22-11-10-21(28-22)17-26(24(3,4)5)16-20-9-7-6-8-19(20)2/h6-11,18H,12-17H2,1-5H3/p+1. The summed E-state index contributed by atoms with van der Waals surface area (Å²) >= 11 is 0. The number of benzene rings is 1. The molecule has 1 aromatic heterocycles. The molecule has 4 nitrogen and oxygen atoms in total. The summed E-state index contributed by atoms with van der Waals surface area (Å²) < 4.78 is 6.01. The number of likely N-dealkylation sites (tertiary alicyclic amines) is 1. The highest BCUT2D eigenvalue weighted by Crippen LogP contribution is 2.19. The summed E-state index contributed by atoms with van der Waals surface area (Å²) in [6, 6.07) is 12.4. The summed E-state index contributed by atoms with van der Waals surface area (Å²) in [5.74, 6) is 2.11. The third-order valence-electron chi connectivity index (χ3n) is 6.06. The summed E-state index contributed by atoms with van der Waals surface area (Å²) in [6.45, 7) is 14.6. The minimum Gasteiger partial charge on any atom is -0.450 e. The number of quaternary nitrogens is 1. The zero-order chi connectivity index (χ0) is 20.3. The van der Waals surface area contributed by atoms with E-state index >= 15 is 0 Å². The molecule has 0 radical (unpaired) electrons. The molecule has 1 aromatic carbocycles. The number of furan rings is 1. The highest BCUT2D eigenvalue weighted by molar-refractivity contribution is 5.91. The van der Waals surface area contributed by atoms with E-state index in [4.69, 9.17) is 4.42 Å². The van der Waals surface area contributed by atoms with E-state index in [1.807, 2.05) is 17.0 Å². The first-order valence-corrected chi connectivity index (χ1v) is 10.5. The largest absolute Gasteiger partial charge is 0.450 e. The number of carbonyl (C=O) groups excluding carboxylic acids is 1. The molecule has 0 aliphatic carbocycles. The van der Waals surface area contributed by atoms with E-state index in [1.54, 1.807) is 0 Å². The van der Waals surface area contributed by atoms with Crippen LogP contribution in [0.3, 0.4) is 0 Å². The smallest absolute Gasteiger partial charge is 0.289 e. The average molecular weight is 384 g/mol. The van der Waals surface area contributed by atoms with Gasteiger partial charge in [-0.05, 0) is 64.2 Å². The second kappa shape index (κ2) is 8.52. The Hall–Kier alpha value is -2.07. The Morgan fingerprint density at radius 1 is 1.11 bits per heavy atom. The van der Waals surface area contributed by atoms with Gasteiger partial charge in [-0.2, -0.15) is 0 Å². The molecule has 0 spiro atoms. The molecule has 0 saturated carbocycles. The summed E-state index contributed by atoms with van der Waals surface area (Å²) in [7, 11) is 0. The van der Waals surface area contributed by atoms with Gasteiger partial charge in [0.05, 0.1) is 5.54 Å². The number of piperidine rings is 1.